The number of hydrogen-bond donors (Lipinski definition) is 3. The van der Waals surface area contributed by atoms with Crippen molar-refractivity contribution in [1.82, 2.24) is 16.0 Å². The van der Waals surface area contributed by atoms with Crippen LogP contribution in [0.1, 0.15) is 58.3 Å². The number of nitrogens with zero attached hydrogens (tertiary/aromatic N) is 1. The number of carbonyl (C=O) groups excluding carboxylic acids is 1. The van der Waals surface area contributed by atoms with Gasteiger partial charge in [0.2, 0.25) is 5.91 Å². The first-order chi connectivity index (χ1) is 13.8. The standard InChI is InChI=1S/C21H40N4O3.HI/c1-2-22-21(24-11-6-14-28-17-18-9-15-27-16-10-18)25-13-12-23-20(26)19-7-4-3-5-8-19;/h18-19H,2-17H2,1H3,(H,23,26)(H2,22,24,25);1H. The van der Waals surface area contributed by atoms with E-state index in [0.717, 1.165) is 77.6 Å². The van der Waals surface area contributed by atoms with Gasteiger partial charge in [0.25, 0.3) is 0 Å². The highest BCUT2D eigenvalue weighted by atomic mass is 127. The first kappa shape index (κ1) is 26.4. The Morgan fingerprint density at radius 2 is 1.76 bits per heavy atom. The Kier molecular flexibility index (Phi) is 15.6. The molecule has 1 saturated heterocycles. The van der Waals surface area contributed by atoms with E-state index in [9.17, 15) is 4.79 Å². The first-order valence-electron chi connectivity index (χ1n) is 11.2. The highest BCUT2D eigenvalue weighted by Gasteiger charge is 2.20. The van der Waals surface area contributed by atoms with Crippen molar-refractivity contribution in [3.63, 3.8) is 0 Å². The fourth-order valence-corrected chi connectivity index (χ4v) is 3.74. The summed E-state index contributed by atoms with van der Waals surface area (Å²) in [6.07, 6.45) is 8.87. The molecule has 1 aliphatic carbocycles. The third kappa shape index (κ3) is 12.0. The topological polar surface area (TPSA) is 84.0 Å². The van der Waals surface area contributed by atoms with Crippen LogP contribution in [0, 0.1) is 11.8 Å². The molecule has 0 aromatic rings. The lowest BCUT2D eigenvalue weighted by atomic mass is 9.89. The summed E-state index contributed by atoms with van der Waals surface area (Å²) in [4.78, 5) is 16.7. The highest BCUT2D eigenvalue weighted by Crippen LogP contribution is 2.23. The molecule has 0 bridgehead atoms. The quantitative estimate of drug-likeness (QED) is 0.168. The Morgan fingerprint density at radius 1 is 1.03 bits per heavy atom. The van der Waals surface area contributed by atoms with Crippen molar-refractivity contribution in [2.75, 3.05) is 52.6 Å². The number of carbonyl (C=O) groups is 1. The van der Waals surface area contributed by atoms with Gasteiger partial charge in [-0.1, -0.05) is 19.3 Å². The summed E-state index contributed by atoms with van der Waals surface area (Å²) in [5.41, 5.74) is 0. The summed E-state index contributed by atoms with van der Waals surface area (Å²) in [5, 5.41) is 9.59. The van der Waals surface area contributed by atoms with Crippen LogP contribution in [0.4, 0.5) is 0 Å². The van der Waals surface area contributed by atoms with E-state index in [4.69, 9.17) is 9.47 Å². The van der Waals surface area contributed by atoms with E-state index in [2.05, 4.69) is 27.9 Å². The van der Waals surface area contributed by atoms with E-state index in [-0.39, 0.29) is 35.8 Å². The second-order valence-corrected chi connectivity index (χ2v) is 7.80. The predicted octanol–water partition coefficient (Wildman–Crippen LogP) is 2.69. The summed E-state index contributed by atoms with van der Waals surface area (Å²) in [6.45, 7) is 8.26. The van der Waals surface area contributed by atoms with E-state index in [0.29, 0.717) is 19.0 Å². The van der Waals surface area contributed by atoms with E-state index < -0.39 is 0 Å². The van der Waals surface area contributed by atoms with Crippen LogP contribution >= 0.6 is 24.0 Å². The van der Waals surface area contributed by atoms with Crippen LogP contribution in [0.2, 0.25) is 0 Å². The molecule has 1 amide bonds. The minimum atomic E-state index is 0. The number of aliphatic imine (C=N–C) groups is 1. The minimum absolute atomic E-state index is 0. The second-order valence-electron chi connectivity index (χ2n) is 7.80. The molecule has 2 rings (SSSR count). The molecule has 0 spiro atoms. The molecule has 2 aliphatic rings. The van der Waals surface area contributed by atoms with Crippen LogP contribution in [0.5, 0.6) is 0 Å². The molecular weight excluding hydrogens is 483 g/mol. The van der Waals surface area contributed by atoms with Crippen molar-refractivity contribution in [1.29, 1.82) is 0 Å². The lowest BCUT2D eigenvalue weighted by Crippen LogP contribution is -2.42. The van der Waals surface area contributed by atoms with E-state index in [1.165, 1.54) is 19.3 Å². The Labute approximate surface area is 193 Å². The Morgan fingerprint density at radius 3 is 2.48 bits per heavy atom. The molecule has 1 aliphatic heterocycles. The molecule has 0 unspecified atom stereocenters. The van der Waals surface area contributed by atoms with Crippen LogP contribution in [-0.2, 0) is 14.3 Å². The Hall–Kier alpha value is -0.610. The number of ether oxygens (including phenoxy) is 2. The summed E-state index contributed by atoms with van der Waals surface area (Å²) in [7, 11) is 0. The van der Waals surface area contributed by atoms with E-state index in [1.807, 2.05) is 0 Å². The number of halogens is 1. The third-order valence-corrected chi connectivity index (χ3v) is 5.45. The molecule has 0 aromatic carbocycles. The van der Waals surface area contributed by atoms with Crippen molar-refractivity contribution in [3.05, 3.63) is 0 Å². The fourth-order valence-electron chi connectivity index (χ4n) is 3.74. The lowest BCUT2D eigenvalue weighted by molar-refractivity contribution is -0.125. The van der Waals surface area contributed by atoms with Gasteiger partial charge in [-0.3, -0.25) is 9.79 Å². The molecule has 2 fully saturated rings. The van der Waals surface area contributed by atoms with Gasteiger partial charge in [0.05, 0.1) is 0 Å². The van der Waals surface area contributed by atoms with Gasteiger partial charge in [0, 0.05) is 58.5 Å². The van der Waals surface area contributed by atoms with Crippen molar-refractivity contribution >= 4 is 35.8 Å². The van der Waals surface area contributed by atoms with Crippen LogP contribution < -0.4 is 16.0 Å². The average Bonchev–Trinajstić information content (AvgIpc) is 2.74. The highest BCUT2D eigenvalue weighted by molar-refractivity contribution is 14.0. The summed E-state index contributed by atoms with van der Waals surface area (Å²) in [5.74, 6) is 1.89. The van der Waals surface area contributed by atoms with Gasteiger partial charge in [-0.25, -0.2) is 0 Å². The third-order valence-electron chi connectivity index (χ3n) is 5.45. The van der Waals surface area contributed by atoms with E-state index >= 15 is 0 Å². The zero-order chi connectivity index (χ0) is 19.9. The number of amides is 1. The fraction of sp³-hybridized carbons (Fsp3) is 0.905. The molecule has 1 saturated carbocycles. The molecule has 0 atom stereocenters. The van der Waals surface area contributed by atoms with Crippen LogP contribution in [0.25, 0.3) is 0 Å². The summed E-state index contributed by atoms with van der Waals surface area (Å²) < 4.78 is 11.2. The number of rotatable bonds is 11. The zero-order valence-electron chi connectivity index (χ0n) is 18.0. The molecule has 29 heavy (non-hydrogen) atoms. The number of hydrogen-bond acceptors (Lipinski definition) is 4. The largest absolute Gasteiger partial charge is 0.381 e. The predicted molar refractivity (Wildman–Crippen MR) is 128 cm³/mol. The van der Waals surface area contributed by atoms with Crippen LogP contribution in [-0.4, -0.2) is 64.5 Å². The average molecular weight is 524 g/mol. The van der Waals surface area contributed by atoms with Gasteiger partial charge in [0.15, 0.2) is 5.96 Å². The zero-order valence-corrected chi connectivity index (χ0v) is 20.4. The monoisotopic (exact) mass is 524 g/mol. The molecule has 0 radical (unpaired) electrons. The van der Waals surface area contributed by atoms with Crippen molar-refractivity contribution < 1.29 is 14.3 Å². The number of nitrogens with one attached hydrogen (secondary N) is 3. The molecule has 0 aromatic heterocycles. The van der Waals surface area contributed by atoms with E-state index in [1.54, 1.807) is 0 Å². The van der Waals surface area contributed by atoms with Gasteiger partial charge in [-0.15, -0.1) is 24.0 Å². The first-order valence-corrected chi connectivity index (χ1v) is 11.2. The molecule has 170 valence electrons. The summed E-state index contributed by atoms with van der Waals surface area (Å²) >= 11 is 0. The van der Waals surface area contributed by atoms with Crippen LogP contribution in [0.15, 0.2) is 4.99 Å². The Bertz CT molecular complexity index is 453. The molecule has 7 nitrogen and oxygen atoms in total. The van der Waals surface area contributed by atoms with Crippen molar-refractivity contribution in [3.8, 4) is 0 Å². The normalized spacial score (nSPS) is 18.7. The van der Waals surface area contributed by atoms with Gasteiger partial charge in [-0.2, -0.15) is 0 Å². The maximum atomic E-state index is 12.1. The molecule has 8 heteroatoms. The van der Waals surface area contributed by atoms with Crippen molar-refractivity contribution in [2.45, 2.75) is 58.3 Å². The molecule has 1 heterocycles. The SMILES string of the molecule is CCNC(=NCCCOCC1CCOCC1)NCCNC(=O)C1CCCCC1.I. The smallest absolute Gasteiger partial charge is 0.223 e. The van der Waals surface area contributed by atoms with Gasteiger partial charge >= 0.3 is 0 Å². The maximum Gasteiger partial charge on any atom is 0.223 e. The molecule has 3 N–H and O–H groups in total. The van der Waals surface area contributed by atoms with Gasteiger partial charge < -0.3 is 25.4 Å². The maximum absolute atomic E-state index is 12.1. The summed E-state index contributed by atoms with van der Waals surface area (Å²) in [6, 6.07) is 0. The lowest BCUT2D eigenvalue weighted by Gasteiger charge is -2.21. The molecular formula is C21H41IN4O3. The van der Waals surface area contributed by atoms with Crippen molar-refractivity contribution in [2.24, 2.45) is 16.8 Å². The van der Waals surface area contributed by atoms with Gasteiger partial charge in [-0.05, 0) is 44.9 Å². The number of guanidine groups is 1. The second kappa shape index (κ2) is 17.1. The van der Waals surface area contributed by atoms with Crippen LogP contribution in [0.3, 0.4) is 0 Å². The minimum Gasteiger partial charge on any atom is -0.381 e. The van der Waals surface area contributed by atoms with Gasteiger partial charge in [0.1, 0.15) is 0 Å². The Balaban J connectivity index is 0.00000420.